The monoisotopic (exact) mass is 367 g/mol. The molecular formula is C18H29N3O3S. The molecule has 0 saturated carbocycles. The quantitative estimate of drug-likeness (QED) is 0.881. The summed E-state index contributed by atoms with van der Waals surface area (Å²) in [6.45, 7) is 12.9. The van der Waals surface area contributed by atoms with Gasteiger partial charge in [0.05, 0.1) is 29.5 Å². The molecule has 0 spiro atoms. The molecule has 140 valence electrons. The fourth-order valence-electron chi connectivity index (χ4n) is 3.83. The predicted molar refractivity (Wildman–Crippen MR) is 98.1 cm³/mol. The number of aliphatic hydroxyl groups is 1. The van der Waals surface area contributed by atoms with Crippen molar-refractivity contribution in [2.75, 3.05) is 45.9 Å². The number of β-amino-alcohol motifs (C(OH)–C–C–N with tert-alkyl or cyclic N) is 1. The summed E-state index contributed by atoms with van der Waals surface area (Å²) in [4.78, 5) is 22.2. The Kier molecular flexibility index (Phi) is 5.21. The Hall–Kier alpha value is -1.02. The molecule has 0 bridgehead atoms. The summed E-state index contributed by atoms with van der Waals surface area (Å²) in [6, 6.07) is 0. The molecule has 0 aromatic carbocycles. The number of nitrogens with zero attached hydrogens (tertiary/aromatic N) is 3. The molecule has 1 atom stereocenters. The van der Waals surface area contributed by atoms with Crippen molar-refractivity contribution in [1.29, 1.82) is 0 Å². The number of aryl methyl sites for hydroxylation is 2. The Morgan fingerprint density at radius 2 is 1.96 bits per heavy atom. The number of amides is 1. The fourth-order valence-corrected chi connectivity index (χ4v) is 4.72. The van der Waals surface area contributed by atoms with Gasteiger partial charge in [-0.1, -0.05) is 13.8 Å². The summed E-state index contributed by atoms with van der Waals surface area (Å²) in [7, 11) is 0. The highest BCUT2D eigenvalue weighted by molar-refractivity contribution is 7.13. The molecule has 3 heterocycles. The minimum Gasteiger partial charge on any atom is -0.388 e. The normalized spacial score (nSPS) is 27.5. The van der Waals surface area contributed by atoms with E-state index in [2.05, 4.69) is 23.7 Å². The second kappa shape index (κ2) is 6.95. The largest absolute Gasteiger partial charge is 0.388 e. The van der Waals surface area contributed by atoms with Crippen molar-refractivity contribution in [3.05, 3.63) is 15.6 Å². The third-order valence-electron chi connectivity index (χ3n) is 5.62. The van der Waals surface area contributed by atoms with Crippen molar-refractivity contribution in [2.24, 2.45) is 5.41 Å². The van der Waals surface area contributed by atoms with Gasteiger partial charge in [0, 0.05) is 38.1 Å². The zero-order chi connectivity index (χ0) is 18.2. The molecule has 1 aromatic heterocycles. The van der Waals surface area contributed by atoms with Crippen LogP contribution in [0.3, 0.4) is 0 Å². The van der Waals surface area contributed by atoms with E-state index in [4.69, 9.17) is 4.74 Å². The van der Waals surface area contributed by atoms with Crippen LogP contribution in [0.15, 0.2) is 0 Å². The highest BCUT2D eigenvalue weighted by atomic mass is 32.1. The number of piperidine rings is 1. The van der Waals surface area contributed by atoms with Crippen molar-refractivity contribution in [3.63, 3.8) is 0 Å². The molecule has 2 aliphatic heterocycles. The van der Waals surface area contributed by atoms with Crippen LogP contribution in [-0.2, 0) is 4.74 Å². The van der Waals surface area contributed by atoms with Crippen molar-refractivity contribution < 1.29 is 14.6 Å². The number of carbonyl (C=O) groups excluding carboxylic acids is 1. The number of ether oxygens (including phenoxy) is 1. The lowest BCUT2D eigenvalue weighted by Gasteiger charge is -2.52. The molecule has 1 N–H and O–H groups in total. The van der Waals surface area contributed by atoms with Gasteiger partial charge in [0.25, 0.3) is 5.91 Å². The maximum absolute atomic E-state index is 12.9. The van der Waals surface area contributed by atoms with Gasteiger partial charge < -0.3 is 14.7 Å². The zero-order valence-corrected chi connectivity index (χ0v) is 16.5. The van der Waals surface area contributed by atoms with E-state index < -0.39 is 5.60 Å². The average Bonchev–Trinajstić information content (AvgIpc) is 2.89. The maximum Gasteiger partial charge on any atom is 0.265 e. The number of morpholine rings is 1. The van der Waals surface area contributed by atoms with E-state index in [1.807, 2.05) is 18.7 Å². The smallest absolute Gasteiger partial charge is 0.265 e. The van der Waals surface area contributed by atoms with Crippen LogP contribution >= 0.6 is 11.3 Å². The van der Waals surface area contributed by atoms with Crippen LogP contribution in [0.1, 0.15) is 40.6 Å². The summed E-state index contributed by atoms with van der Waals surface area (Å²) >= 11 is 1.46. The Morgan fingerprint density at radius 3 is 2.52 bits per heavy atom. The average molecular weight is 368 g/mol. The summed E-state index contributed by atoms with van der Waals surface area (Å²) in [5.41, 5.74) is -0.355. The van der Waals surface area contributed by atoms with Gasteiger partial charge in [-0.25, -0.2) is 4.98 Å². The van der Waals surface area contributed by atoms with Crippen LogP contribution in [0, 0.1) is 19.3 Å². The lowest BCUT2D eigenvalue weighted by molar-refractivity contribution is -0.133. The number of hydrogen-bond donors (Lipinski definition) is 1. The third kappa shape index (κ3) is 3.74. The first-order chi connectivity index (χ1) is 11.7. The first-order valence-electron chi connectivity index (χ1n) is 8.98. The Morgan fingerprint density at radius 1 is 1.28 bits per heavy atom. The maximum atomic E-state index is 12.9. The zero-order valence-electron chi connectivity index (χ0n) is 15.7. The molecule has 0 unspecified atom stereocenters. The second-order valence-corrected chi connectivity index (χ2v) is 9.13. The summed E-state index contributed by atoms with van der Waals surface area (Å²) in [5.74, 6) is 0.0459. The van der Waals surface area contributed by atoms with Gasteiger partial charge >= 0.3 is 0 Å². The van der Waals surface area contributed by atoms with Crippen LogP contribution in [0.4, 0.5) is 0 Å². The van der Waals surface area contributed by atoms with Crippen LogP contribution in [0.2, 0.25) is 0 Å². The van der Waals surface area contributed by atoms with Crippen molar-refractivity contribution in [3.8, 4) is 0 Å². The van der Waals surface area contributed by atoms with Gasteiger partial charge in [0.1, 0.15) is 4.88 Å². The number of hydrogen-bond acceptors (Lipinski definition) is 6. The molecule has 2 fully saturated rings. The second-order valence-electron chi connectivity index (χ2n) is 7.93. The topological polar surface area (TPSA) is 65.9 Å². The van der Waals surface area contributed by atoms with E-state index in [0.717, 1.165) is 41.9 Å². The molecule has 6 nitrogen and oxygen atoms in total. The molecule has 7 heteroatoms. The lowest BCUT2D eigenvalue weighted by atomic mass is 9.69. The molecule has 1 aromatic rings. The number of likely N-dealkylation sites (tertiary alicyclic amines) is 1. The van der Waals surface area contributed by atoms with E-state index >= 15 is 0 Å². The van der Waals surface area contributed by atoms with Crippen molar-refractivity contribution >= 4 is 17.2 Å². The summed E-state index contributed by atoms with van der Waals surface area (Å²) < 4.78 is 5.40. The van der Waals surface area contributed by atoms with Crippen molar-refractivity contribution in [2.45, 2.75) is 39.7 Å². The lowest BCUT2D eigenvalue weighted by Crippen LogP contribution is -2.63. The van der Waals surface area contributed by atoms with E-state index in [9.17, 15) is 9.90 Å². The van der Waals surface area contributed by atoms with Gasteiger partial charge in [-0.15, -0.1) is 11.3 Å². The molecule has 0 aliphatic carbocycles. The van der Waals surface area contributed by atoms with Gasteiger partial charge in [-0.2, -0.15) is 0 Å². The minimum atomic E-state index is -0.792. The first kappa shape index (κ1) is 18.8. The van der Waals surface area contributed by atoms with Crippen molar-refractivity contribution in [1.82, 2.24) is 14.8 Å². The Bertz CT molecular complexity index is 640. The number of aromatic nitrogens is 1. The van der Waals surface area contributed by atoms with Crippen LogP contribution in [0.5, 0.6) is 0 Å². The molecular weight excluding hydrogens is 338 g/mol. The van der Waals surface area contributed by atoms with Crippen LogP contribution in [-0.4, -0.2) is 77.3 Å². The fraction of sp³-hybridized carbons (Fsp3) is 0.778. The van der Waals surface area contributed by atoms with E-state index in [1.54, 1.807) is 0 Å². The van der Waals surface area contributed by atoms with Gasteiger partial charge in [0.2, 0.25) is 0 Å². The molecule has 3 rings (SSSR count). The molecule has 2 saturated heterocycles. The number of carbonyl (C=O) groups is 1. The van der Waals surface area contributed by atoms with E-state index in [0.29, 0.717) is 26.1 Å². The van der Waals surface area contributed by atoms with E-state index in [1.165, 1.54) is 11.3 Å². The Labute approximate surface area is 153 Å². The Balaban J connectivity index is 1.71. The SMILES string of the molecule is Cc1nc(C)c(C(=O)N2CC[C@@](O)(CN3CCOCC3)C(C)(C)C2)s1. The number of rotatable bonds is 3. The van der Waals surface area contributed by atoms with Gasteiger partial charge in [-0.05, 0) is 20.3 Å². The standard InChI is InChI=1S/C18H29N3O3S/c1-13-15(25-14(2)19-13)16(22)21-6-5-18(23,17(3,4)11-21)12-20-7-9-24-10-8-20/h23H,5-12H2,1-4H3/t18-/m1/s1. The van der Waals surface area contributed by atoms with Gasteiger partial charge in [0.15, 0.2) is 0 Å². The molecule has 1 amide bonds. The minimum absolute atomic E-state index is 0.0459. The number of thiazole rings is 1. The highest BCUT2D eigenvalue weighted by Gasteiger charge is 2.49. The third-order valence-corrected chi connectivity index (χ3v) is 6.68. The molecule has 25 heavy (non-hydrogen) atoms. The predicted octanol–water partition coefficient (Wildman–Crippen LogP) is 1.70. The van der Waals surface area contributed by atoms with Gasteiger partial charge in [-0.3, -0.25) is 9.69 Å². The van der Waals surface area contributed by atoms with E-state index in [-0.39, 0.29) is 11.3 Å². The highest BCUT2D eigenvalue weighted by Crippen LogP contribution is 2.40. The van der Waals surface area contributed by atoms with Crippen LogP contribution in [0.25, 0.3) is 0 Å². The summed E-state index contributed by atoms with van der Waals surface area (Å²) in [6.07, 6.45) is 0.597. The van der Waals surface area contributed by atoms with Crippen LogP contribution < -0.4 is 0 Å². The first-order valence-corrected chi connectivity index (χ1v) is 9.79. The molecule has 0 radical (unpaired) electrons. The summed E-state index contributed by atoms with van der Waals surface area (Å²) in [5, 5.41) is 12.3. The molecule has 2 aliphatic rings.